The molecule has 1 saturated carbocycles. The second-order valence-electron chi connectivity index (χ2n) is 7.57. The molecule has 0 bridgehead atoms. The molecule has 0 unspecified atom stereocenters. The highest BCUT2D eigenvalue weighted by molar-refractivity contribution is 6.37. The van der Waals surface area contributed by atoms with Crippen LogP contribution in [0.15, 0.2) is 18.2 Å². The third-order valence-corrected chi connectivity index (χ3v) is 6.29. The Hall–Kier alpha value is -1.63. The van der Waals surface area contributed by atoms with Gasteiger partial charge in [0.25, 0.3) is 5.91 Å². The van der Waals surface area contributed by atoms with E-state index in [4.69, 9.17) is 23.2 Å². The van der Waals surface area contributed by atoms with Crippen LogP contribution in [0.3, 0.4) is 0 Å². The van der Waals surface area contributed by atoms with Gasteiger partial charge in [-0.2, -0.15) is 0 Å². The van der Waals surface area contributed by atoms with Crippen LogP contribution < -0.4 is 0 Å². The van der Waals surface area contributed by atoms with Gasteiger partial charge >= 0.3 is 0 Å². The van der Waals surface area contributed by atoms with Crippen LogP contribution in [0.5, 0.6) is 0 Å². The van der Waals surface area contributed by atoms with E-state index in [9.17, 15) is 4.79 Å². The molecule has 2 heterocycles. The number of rotatable bonds is 5. The smallest absolute Gasteiger partial charge is 0.294 e. The van der Waals surface area contributed by atoms with Crippen LogP contribution >= 0.6 is 23.2 Å². The molecule has 150 valence electrons. The molecule has 6 nitrogen and oxygen atoms in total. The first-order valence-corrected chi connectivity index (χ1v) is 10.7. The maximum absolute atomic E-state index is 13.4. The van der Waals surface area contributed by atoms with E-state index in [-0.39, 0.29) is 17.8 Å². The van der Waals surface area contributed by atoms with Crippen LogP contribution in [0.4, 0.5) is 0 Å². The van der Waals surface area contributed by atoms with Gasteiger partial charge in [0.15, 0.2) is 0 Å². The lowest BCUT2D eigenvalue weighted by Crippen LogP contribution is -2.48. The summed E-state index contributed by atoms with van der Waals surface area (Å²) >= 11 is 12.6. The third kappa shape index (κ3) is 3.78. The highest BCUT2D eigenvalue weighted by atomic mass is 35.5. The summed E-state index contributed by atoms with van der Waals surface area (Å²) in [5.41, 5.74) is 0.559. The van der Waals surface area contributed by atoms with Gasteiger partial charge in [0, 0.05) is 25.2 Å². The zero-order valence-corrected chi connectivity index (χ0v) is 17.7. The first-order valence-electron chi connectivity index (χ1n) is 9.92. The quantitative estimate of drug-likeness (QED) is 0.732. The van der Waals surface area contributed by atoms with E-state index in [0.717, 1.165) is 45.3 Å². The lowest BCUT2D eigenvalue weighted by atomic mass is 10.0. The van der Waals surface area contributed by atoms with Gasteiger partial charge in [0.2, 0.25) is 5.82 Å². The normalized spacial score (nSPS) is 18.4. The number of halogens is 2. The number of piperidine rings is 1. The molecule has 0 atom stereocenters. The summed E-state index contributed by atoms with van der Waals surface area (Å²) in [6.07, 6.45) is 4.14. The van der Waals surface area contributed by atoms with Gasteiger partial charge in [0.05, 0.1) is 10.0 Å². The van der Waals surface area contributed by atoms with E-state index in [2.05, 4.69) is 21.9 Å². The molecule has 1 aromatic carbocycles. The van der Waals surface area contributed by atoms with Gasteiger partial charge in [-0.05, 0) is 51.3 Å². The summed E-state index contributed by atoms with van der Waals surface area (Å²) < 4.78 is 1.57. The maximum atomic E-state index is 13.4. The Morgan fingerprint density at radius 1 is 1.14 bits per heavy atom. The highest BCUT2D eigenvalue weighted by Gasteiger charge is 2.40. The first-order chi connectivity index (χ1) is 13.5. The largest absolute Gasteiger partial charge is 0.330 e. The van der Waals surface area contributed by atoms with E-state index in [1.54, 1.807) is 22.9 Å². The summed E-state index contributed by atoms with van der Waals surface area (Å²) in [6.45, 7) is 7.13. The molecule has 2 aliphatic rings. The number of para-hydroxylation sites is 1. The van der Waals surface area contributed by atoms with Crippen LogP contribution in [0.25, 0.3) is 5.69 Å². The fraction of sp³-hybridized carbons (Fsp3) is 0.550. The van der Waals surface area contributed by atoms with Gasteiger partial charge in [-0.1, -0.05) is 36.2 Å². The predicted octanol–water partition coefficient (Wildman–Crippen LogP) is 3.97. The van der Waals surface area contributed by atoms with Crippen molar-refractivity contribution in [3.8, 4) is 5.69 Å². The molecule has 1 saturated heterocycles. The summed E-state index contributed by atoms with van der Waals surface area (Å²) in [4.78, 5) is 22.3. The van der Waals surface area contributed by atoms with Crippen molar-refractivity contribution in [2.45, 2.75) is 51.6 Å². The van der Waals surface area contributed by atoms with E-state index < -0.39 is 0 Å². The molecule has 4 rings (SSSR count). The number of aromatic nitrogens is 3. The van der Waals surface area contributed by atoms with E-state index >= 15 is 0 Å². The standard InChI is InChI=1S/C20H25Cl2N5O/c1-3-25-11-9-15(10-12-25)26(14-7-8-14)20(28)19-23-13(2)27(24-19)18-16(21)5-4-6-17(18)22/h4-6,14-15H,3,7-12H2,1-2H3. The lowest BCUT2D eigenvalue weighted by molar-refractivity contribution is 0.0542. The second kappa shape index (κ2) is 8.01. The molecule has 1 aromatic heterocycles. The van der Waals surface area contributed by atoms with E-state index in [1.807, 2.05) is 11.8 Å². The molecule has 1 aliphatic carbocycles. The Bertz CT molecular complexity index is 851. The Morgan fingerprint density at radius 3 is 2.32 bits per heavy atom. The first kappa shape index (κ1) is 19.7. The fourth-order valence-corrected chi connectivity index (χ4v) is 4.55. The van der Waals surface area contributed by atoms with Crippen molar-refractivity contribution < 1.29 is 4.79 Å². The fourth-order valence-electron chi connectivity index (χ4n) is 4.00. The van der Waals surface area contributed by atoms with Gasteiger partial charge in [-0.3, -0.25) is 4.79 Å². The Morgan fingerprint density at radius 2 is 1.75 bits per heavy atom. The van der Waals surface area contributed by atoms with Crippen molar-refractivity contribution in [1.82, 2.24) is 24.6 Å². The van der Waals surface area contributed by atoms with Gasteiger partial charge in [-0.25, -0.2) is 9.67 Å². The van der Waals surface area contributed by atoms with Crippen molar-refractivity contribution >= 4 is 29.1 Å². The zero-order chi connectivity index (χ0) is 19.8. The predicted molar refractivity (Wildman–Crippen MR) is 110 cm³/mol. The number of carbonyl (C=O) groups is 1. The number of carbonyl (C=O) groups excluding carboxylic acids is 1. The van der Waals surface area contributed by atoms with Gasteiger partial charge in [-0.15, -0.1) is 5.10 Å². The summed E-state index contributed by atoms with van der Waals surface area (Å²) in [7, 11) is 0. The van der Waals surface area contributed by atoms with Crippen LogP contribution in [-0.2, 0) is 0 Å². The van der Waals surface area contributed by atoms with Crippen molar-refractivity contribution in [3.05, 3.63) is 39.9 Å². The minimum absolute atomic E-state index is 0.0810. The number of aryl methyl sites for hydroxylation is 1. The Labute approximate surface area is 175 Å². The second-order valence-corrected chi connectivity index (χ2v) is 8.39. The topological polar surface area (TPSA) is 54.3 Å². The Kier molecular flexibility index (Phi) is 5.63. The highest BCUT2D eigenvalue weighted by Crippen LogP contribution is 2.33. The molecule has 8 heteroatoms. The van der Waals surface area contributed by atoms with Crippen molar-refractivity contribution in [3.63, 3.8) is 0 Å². The number of hydrogen-bond donors (Lipinski definition) is 0. The Balaban J connectivity index is 1.61. The number of likely N-dealkylation sites (tertiary alicyclic amines) is 1. The average Bonchev–Trinajstić information content (AvgIpc) is 3.44. The molecule has 0 spiro atoms. The van der Waals surface area contributed by atoms with Gasteiger partial charge < -0.3 is 9.80 Å². The number of nitrogens with zero attached hydrogens (tertiary/aromatic N) is 5. The molecule has 28 heavy (non-hydrogen) atoms. The lowest BCUT2D eigenvalue weighted by Gasteiger charge is -2.38. The molecule has 0 radical (unpaired) electrons. The summed E-state index contributed by atoms with van der Waals surface area (Å²) in [5.74, 6) is 0.732. The molecular formula is C20H25Cl2N5O. The van der Waals surface area contributed by atoms with Crippen LogP contribution in [0.1, 0.15) is 49.1 Å². The molecule has 2 fully saturated rings. The van der Waals surface area contributed by atoms with E-state index in [1.165, 1.54) is 0 Å². The maximum Gasteiger partial charge on any atom is 0.294 e. The van der Waals surface area contributed by atoms with Crippen LogP contribution in [-0.4, -0.2) is 62.2 Å². The molecule has 0 N–H and O–H groups in total. The van der Waals surface area contributed by atoms with Crippen LogP contribution in [0, 0.1) is 6.92 Å². The number of benzene rings is 1. The van der Waals surface area contributed by atoms with Crippen molar-refractivity contribution in [1.29, 1.82) is 0 Å². The molecular weight excluding hydrogens is 397 g/mol. The number of hydrogen-bond acceptors (Lipinski definition) is 4. The molecule has 2 aromatic rings. The monoisotopic (exact) mass is 421 g/mol. The van der Waals surface area contributed by atoms with Crippen LogP contribution in [0.2, 0.25) is 10.0 Å². The zero-order valence-electron chi connectivity index (χ0n) is 16.2. The van der Waals surface area contributed by atoms with Gasteiger partial charge in [0.1, 0.15) is 11.5 Å². The molecule has 1 aliphatic heterocycles. The SMILES string of the molecule is CCN1CCC(N(C(=O)c2nc(C)n(-c3c(Cl)cccc3Cl)n2)C2CC2)CC1. The van der Waals surface area contributed by atoms with Crippen molar-refractivity contribution in [2.75, 3.05) is 19.6 Å². The molecule has 1 amide bonds. The average molecular weight is 422 g/mol. The van der Waals surface area contributed by atoms with E-state index in [0.29, 0.717) is 27.6 Å². The third-order valence-electron chi connectivity index (χ3n) is 5.68. The number of amides is 1. The minimum atomic E-state index is -0.0810. The summed E-state index contributed by atoms with van der Waals surface area (Å²) in [6, 6.07) is 5.87. The summed E-state index contributed by atoms with van der Waals surface area (Å²) in [5, 5.41) is 5.45. The minimum Gasteiger partial charge on any atom is -0.330 e. The van der Waals surface area contributed by atoms with Crippen molar-refractivity contribution in [2.24, 2.45) is 0 Å².